The molecule has 0 bridgehead atoms. The van der Waals surface area contributed by atoms with Gasteiger partial charge in [-0.05, 0) is 17.0 Å². The number of ether oxygens (including phenoxy) is 1. The van der Waals surface area contributed by atoms with E-state index in [-0.39, 0.29) is 28.5 Å². The molecule has 5 rings (SSSR count). The smallest absolute Gasteiger partial charge is 0.344 e. The number of nitrogens with two attached hydrogens (primary N) is 1. The lowest BCUT2D eigenvalue weighted by Crippen LogP contribution is -2.26. The first kappa shape index (κ1) is 18.4. The predicted molar refractivity (Wildman–Crippen MR) is 112 cm³/mol. The standard InChI is InChI=1S/C23H13N3O5/c24-11-17-18(13-5-8-14(9-6-13)26(28)29)19-21(30-22(17)25)16-10-7-12-3-1-2-4-15(12)20(16)31-23(19)27/h1-10,18H,25H2. The van der Waals surface area contributed by atoms with Crippen molar-refractivity contribution in [3.05, 3.63) is 104 Å². The van der Waals surface area contributed by atoms with Gasteiger partial charge >= 0.3 is 5.63 Å². The number of hydrogen-bond donors (Lipinski definition) is 1. The topological polar surface area (TPSA) is 132 Å². The molecule has 0 amide bonds. The monoisotopic (exact) mass is 411 g/mol. The molecule has 1 aliphatic rings. The minimum atomic E-state index is -0.873. The number of nitro groups is 1. The molecule has 0 spiro atoms. The summed E-state index contributed by atoms with van der Waals surface area (Å²) in [5.41, 5.74) is 6.30. The molecule has 1 unspecified atom stereocenters. The lowest BCUT2D eigenvalue weighted by molar-refractivity contribution is -0.384. The Morgan fingerprint density at radius 3 is 2.48 bits per heavy atom. The maximum atomic E-state index is 13.1. The fourth-order valence-corrected chi connectivity index (χ4v) is 3.97. The molecule has 1 aromatic heterocycles. The van der Waals surface area contributed by atoms with E-state index >= 15 is 0 Å². The molecular weight excluding hydrogens is 398 g/mol. The van der Waals surface area contributed by atoms with Gasteiger partial charge in [0.2, 0.25) is 5.88 Å². The number of fused-ring (bicyclic) bond motifs is 5. The zero-order chi connectivity index (χ0) is 21.7. The summed E-state index contributed by atoms with van der Waals surface area (Å²) in [7, 11) is 0. The first-order valence-corrected chi connectivity index (χ1v) is 9.30. The van der Waals surface area contributed by atoms with Crippen LogP contribution in [0.3, 0.4) is 0 Å². The molecular formula is C23H13N3O5. The Morgan fingerprint density at radius 1 is 1.03 bits per heavy atom. The van der Waals surface area contributed by atoms with E-state index in [9.17, 15) is 20.2 Å². The van der Waals surface area contributed by atoms with Crippen LogP contribution in [-0.4, -0.2) is 4.92 Å². The maximum Gasteiger partial charge on any atom is 0.344 e. The van der Waals surface area contributed by atoms with Crippen molar-refractivity contribution < 1.29 is 14.1 Å². The van der Waals surface area contributed by atoms with Crippen molar-refractivity contribution in [2.24, 2.45) is 5.73 Å². The highest BCUT2D eigenvalue weighted by Gasteiger charge is 2.35. The van der Waals surface area contributed by atoms with Crippen molar-refractivity contribution in [2.75, 3.05) is 0 Å². The van der Waals surface area contributed by atoms with Gasteiger partial charge in [0.05, 0.1) is 21.8 Å². The Morgan fingerprint density at radius 2 is 1.77 bits per heavy atom. The zero-order valence-electron chi connectivity index (χ0n) is 15.9. The van der Waals surface area contributed by atoms with E-state index in [2.05, 4.69) is 0 Å². The Labute approximate surface area is 174 Å². The number of nitrogens with zero attached hydrogens (tertiary/aromatic N) is 2. The average Bonchev–Trinajstić information content (AvgIpc) is 2.78. The first-order chi connectivity index (χ1) is 15.0. The minimum absolute atomic E-state index is 0.0359. The maximum absolute atomic E-state index is 13.1. The molecule has 8 nitrogen and oxygen atoms in total. The second kappa shape index (κ2) is 6.71. The summed E-state index contributed by atoms with van der Waals surface area (Å²) < 4.78 is 11.5. The number of benzene rings is 3. The van der Waals surface area contributed by atoms with Gasteiger partial charge in [-0.2, -0.15) is 5.26 Å². The second-order valence-electron chi connectivity index (χ2n) is 7.07. The van der Waals surface area contributed by atoms with Crippen molar-refractivity contribution in [2.45, 2.75) is 5.92 Å². The molecule has 4 aromatic rings. The van der Waals surface area contributed by atoms with E-state index in [0.29, 0.717) is 16.5 Å². The third kappa shape index (κ3) is 2.72. The van der Waals surface area contributed by atoms with Gasteiger partial charge in [-0.25, -0.2) is 4.79 Å². The van der Waals surface area contributed by atoms with Gasteiger partial charge in [0.1, 0.15) is 17.2 Å². The average molecular weight is 411 g/mol. The van der Waals surface area contributed by atoms with Crippen LogP contribution in [0.1, 0.15) is 17.0 Å². The third-order valence-corrected chi connectivity index (χ3v) is 5.40. The Balaban J connectivity index is 1.82. The summed E-state index contributed by atoms with van der Waals surface area (Å²) in [5.74, 6) is -0.781. The van der Waals surface area contributed by atoms with Crippen LogP contribution in [0.25, 0.3) is 21.7 Å². The number of rotatable bonds is 2. The summed E-state index contributed by atoms with van der Waals surface area (Å²) >= 11 is 0. The van der Waals surface area contributed by atoms with Gasteiger partial charge in [-0.15, -0.1) is 0 Å². The van der Waals surface area contributed by atoms with Crippen LogP contribution in [0.4, 0.5) is 5.69 Å². The van der Waals surface area contributed by atoms with Crippen molar-refractivity contribution >= 4 is 27.4 Å². The molecule has 2 heterocycles. The molecule has 0 fully saturated rings. The molecule has 0 radical (unpaired) electrons. The van der Waals surface area contributed by atoms with Crippen LogP contribution in [0.5, 0.6) is 5.75 Å². The number of nitriles is 1. The van der Waals surface area contributed by atoms with Gasteiger partial charge < -0.3 is 14.9 Å². The van der Waals surface area contributed by atoms with Gasteiger partial charge in [0.15, 0.2) is 5.75 Å². The van der Waals surface area contributed by atoms with E-state index in [1.165, 1.54) is 24.3 Å². The molecule has 2 N–H and O–H groups in total. The SMILES string of the molecule is N#CC1=C(N)Oc2c(c(=O)oc3c2ccc2ccccc23)C1c1ccc([N+](=O)[O-])cc1. The Kier molecular flexibility index (Phi) is 3.98. The molecule has 0 saturated heterocycles. The van der Waals surface area contributed by atoms with Crippen molar-refractivity contribution in [1.82, 2.24) is 0 Å². The van der Waals surface area contributed by atoms with E-state index in [1.54, 1.807) is 6.07 Å². The van der Waals surface area contributed by atoms with Crippen molar-refractivity contribution in [3.8, 4) is 11.8 Å². The summed E-state index contributed by atoms with van der Waals surface area (Å²) in [5, 5.41) is 22.9. The van der Waals surface area contributed by atoms with E-state index in [4.69, 9.17) is 14.9 Å². The van der Waals surface area contributed by atoms with Gasteiger partial charge in [-0.3, -0.25) is 10.1 Å². The van der Waals surface area contributed by atoms with E-state index in [0.717, 1.165) is 10.8 Å². The summed E-state index contributed by atoms with van der Waals surface area (Å²) in [6, 6.07) is 18.7. The zero-order valence-corrected chi connectivity index (χ0v) is 15.9. The van der Waals surface area contributed by atoms with E-state index < -0.39 is 16.5 Å². The Hall–Kier alpha value is -4.64. The fraction of sp³-hybridized carbons (Fsp3) is 0.0435. The third-order valence-electron chi connectivity index (χ3n) is 5.40. The van der Waals surface area contributed by atoms with Crippen molar-refractivity contribution in [3.63, 3.8) is 0 Å². The normalized spacial score (nSPS) is 15.4. The van der Waals surface area contributed by atoms with Gasteiger partial charge in [0, 0.05) is 17.5 Å². The van der Waals surface area contributed by atoms with Gasteiger partial charge in [-0.1, -0.05) is 42.5 Å². The number of nitro benzene ring substituents is 1. The quantitative estimate of drug-likeness (QED) is 0.227. The van der Waals surface area contributed by atoms with Crippen LogP contribution < -0.4 is 16.1 Å². The highest BCUT2D eigenvalue weighted by molar-refractivity contribution is 6.06. The van der Waals surface area contributed by atoms with Crippen LogP contribution >= 0.6 is 0 Å². The molecule has 150 valence electrons. The van der Waals surface area contributed by atoms with Crippen LogP contribution in [0, 0.1) is 21.4 Å². The van der Waals surface area contributed by atoms with E-state index in [1.807, 2.05) is 36.4 Å². The number of non-ortho nitro benzene ring substituents is 1. The Bertz CT molecular complexity index is 1530. The molecule has 31 heavy (non-hydrogen) atoms. The highest BCUT2D eigenvalue weighted by atomic mass is 16.6. The molecule has 0 aliphatic carbocycles. The van der Waals surface area contributed by atoms with Crippen molar-refractivity contribution in [1.29, 1.82) is 5.26 Å². The molecule has 1 atom stereocenters. The van der Waals surface area contributed by atoms with Crippen LogP contribution in [0.2, 0.25) is 0 Å². The predicted octanol–water partition coefficient (Wildman–Crippen LogP) is 4.07. The fourth-order valence-electron chi connectivity index (χ4n) is 3.97. The number of hydrogen-bond acceptors (Lipinski definition) is 7. The number of allylic oxidation sites excluding steroid dienone is 1. The summed E-state index contributed by atoms with van der Waals surface area (Å²) in [6.45, 7) is 0. The molecule has 3 aromatic carbocycles. The second-order valence-corrected chi connectivity index (χ2v) is 7.07. The molecule has 0 saturated carbocycles. The first-order valence-electron chi connectivity index (χ1n) is 9.30. The highest BCUT2D eigenvalue weighted by Crippen LogP contribution is 2.44. The minimum Gasteiger partial charge on any atom is -0.439 e. The lowest BCUT2D eigenvalue weighted by atomic mass is 9.83. The lowest BCUT2D eigenvalue weighted by Gasteiger charge is -2.26. The van der Waals surface area contributed by atoms with Crippen LogP contribution in [0.15, 0.2) is 81.3 Å². The summed E-state index contributed by atoms with van der Waals surface area (Å²) in [6.07, 6.45) is 0. The molecule has 1 aliphatic heterocycles. The summed E-state index contributed by atoms with van der Waals surface area (Å²) in [4.78, 5) is 23.6. The largest absolute Gasteiger partial charge is 0.439 e. The molecule has 8 heteroatoms. The van der Waals surface area contributed by atoms with Gasteiger partial charge in [0.25, 0.3) is 5.69 Å². The van der Waals surface area contributed by atoms with Crippen LogP contribution in [-0.2, 0) is 0 Å².